The Labute approximate surface area is 131 Å². The fourth-order valence-electron chi connectivity index (χ4n) is 1.81. The SMILES string of the molecule is CC(C)(CCNC(=O)CCCOCc1ccccc1)C(=O)O. The van der Waals surface area contributed by atoms with Gasteiger partial charge in [0.1, 0.15) is 0 Å². The number of rotatable bonds is 10. The smallest absolute Gasteiger partial charge is 0.309 e. The van der Waals surface area contributed by atoms with Crippen LogP contribution >= 0.6 is 0 Å². The lowest BCUT2D eigenvalue weighted by Gasteiger charge is -2.18. The normalized spacial score (nSPS) is 11.2. The number of carboxylic acids is 1. The quantitative estimate of drug-likeness (QED) is 0.652. The minimum absolute atomic E-state index is 0.0653. The standard InChI is InChI=1S/C17H25NO4/c1-17(2,16(20)21)10-11-18-15(19)9-6-12-22-13-14-7-4-3-5-8-14/h3-5,7-8H,6,9-13H2,1-2H3,(H,18,19)(H,20,21). The van der Waals surface area contributed by atoms with E-state index in [2.05, 4.69) is 5.32 Å². The van der Waals surface area contributed by atoms with Gasteiger partial charge in [0.15, 0.2) is 0 Å². The highest BCUT2D eigenvalue weighted by Crippen LogP contribution is 2.19. The van der Waals surface area contributed by atoms with Gasteiger partial charge in [-0.15, -0.1) is 0 Å². The molecule has 0 saturated heterocycles. The lowest BCUT2D eigenvalue weighted by molar-refractivity contribution is -0.147. The van der Waals surface area contributed by atoms with E-state index >= 15 is 0 Å². The van der Waals surface area contributed by atoms with Gasteiger partial charge in [0.05, 0.1) is 12.0 Å². The molecule has 0 aliphatic rings. The second-order valence-electron chi connectivity index (χ2n) is 5.93. The molecule has 1 aromatic carbocycles. The summed E-state index contributed by atoms with van der Waals surface area (Å²) in [5, 5.41) is 11.7. The van der Waals surface area contributed by atoms with Gasteiger partial charge in [-0.2, -0.15) is 0 Å². The topological polar surface area (TPSA) is 75.6 Å². The first-order valence-corrected chi connectivity index (χ1v) is 7.53. The van der Waals surface area contributed by atoms with Crippen LogP contribution in [0.3, 0.4) is 0 Å². The van der Waals surface area contributed by atoms with E-state index in [-0.39, 0.29) is 5.91 Å². The number of aliphatic carboxylic acids is 1. The van der Waals surface area contributed by atoms with Crippen LogP contribution in [0.5, 0.6) is 0 Å². The van der Waals surface area contributed by atoms with Gasteiger partial charge in [-0.05, 0) is 32.3 Å². The zero-order valence-corrected chi connectivity index (χ0v) is 13.3. The zero-order valence-electron chi connectivity index (χ0n) is 13.3. The maximum Gasteiger partial charge on any atom is 0.309 e. The summed E-state index contributed by atoms with van der Waals surface area (Å²) >= 11 is 0. The van der Waals surface area contributed by atoms with Gasteiger partial charge < -0.3 is 15.2 Å². The molecule has 0 bridgehead atoms. The molecule has 0 heterocycles. The van der Waals surface area contributed by atoms with Crippen LogP contribution in [0, 0.1) is 5.41 Å². The van der Waals surface area contributed by atoms with Crippen LogP contribution < -0.4 is 5.32 Å². The first kappa shape index (κ1) is 18.2. The Kier molecular flexibility index (Phi) is 7.60. The Morgan fingerprint density at radius 3 is 2.55 bits per heavy atom. The second kappa shape index (κ2) is 9.20. The number of nitrogens with one attached hydrogen (secondary N) is 1. The van der Waals surface area contributed by atoms with Crippen molar-refractivity contribution in [2.75, 3.05) is 13.2 Å². The zero-order chi connectivity index (χ0) is 16.4. The molecule has 22 heavy (non-hydrogen) atoms. The number of hydrogen-bond donors (Lipinski definition) is 2. The number of amides is 1. The molecule has 0 fully saturated rings. The first-order valence-electron chi connectivity index (χ1n) is 7.53. The van der Waals surface area contributed by atoms with E-state index in [0.717, 1.165) is 5.56 Å². The van der Waals surface area contributed by atoms with E-state index in [1.165, 1.54) is 0 Å². The largest absolute Gasteiger partial charge is 0.481 e. The van der Waals surface area contributed by atoms with Gasteiger partial charge in [-0.3, -0.25) is 9.59 Å². The highest BCUT2D eigenvalue weighted by Gasteiger charge is 2.26. The lowest BCUT2D eigenvalue weighted by atomic mass is 9.90. The average Bonchev–Trinajstić information content (AvgIpc) is 2.47. The van der Waals surface area contributed by atoms with Gasteiger partial charge in [-0.1, -0.05) is 30.3 Å². The average molecular weight is 307 g/mol. The lowest BCUT2D eigenvalue weighted by Crippen LogP contribution is -2.31. The van der Waals surface area contributed by atoms with Crippen LogP contribution in [-0.2, 0) is 20.9 Å². The molecule has 0 unspecified atom stereocenters. The monoisotopic (exact) mass is 307 g/mol. The van der Waals surface area contributed by atoms with E-state index < -0.39 is 11.4 Å². The van der Waals surface area contributed by atoms with Crippen molar-refractivity contribution in [1.82, 2.24) is 5.32 Å². The fourth-order valence-corrected chi connectivity index (χ4v) is 1.81. The Balaban J connectivity index is 2.05. The van der Waals surface area contributed by atoms with Gasteiger partial charge in [0.2, 0.25) is 5.91 Å². The molecule has 5 heteroatoms. The van der Waals surface area contributed by atoms with Crippen molar-refractivity contribution in [1.29, 1.82) is 0 Å². The van der Waals surface area contributed by atoms with Crippen molar-refractivity contribution in [2.24, 2.45) is 5.41 Å². The van der Waals surface area contributed by atoms with Crippen molar-refractivity contribution in [3.63, 3.8) is 0 Å². The van der Waals surface area contributed by atoms with Crippen molar-refractivity contribution in [2.45, 2.75) is 39.7 Å². The molecule has 0 atom stereocenters. The second-order valence-corrected chi connectivity index (χ2v) is 5.93. The van der Waals surface area contributed by atoms with Crippen LogP contribution in [0.4, 0.5) is 0 Å². The predicted molar refractivity (Wildman–Crippen MR) is 84.4 cm³/mol. The van der Waals surface area contributed by atoms with Crippen molar-refractivity contribution < 1.29 is 19.4 Å². The summed E-state index contributed by atoms with van der Waals surface area (Å²) in [4.78, 5) is 22.5. The van der Waals surface area contributed by atoms with Gasteiger partial charge in [0.25, 0.3) is 0 Å². The molecular weight excluding hydrogens is 282 g/mol. The van der Waals surface area contributed by atoms with Gasteiger partial charge in [0, 0.05) is 19.6 Å². The molecular formula is C17H25NO4. The number of carbonyl (C=O) groups is 2. The van der Waals surface area contributed by atoms with Crippen LogP contribution in [0.2, 0.25) is 0 Å². The molecule has 0 aliphatic carbocycles. The summed E-state index contributed by atoms with van der Waals surface area (Å²) in [7, 11) is 0. The third-order valence-electron chi connectivity index (χ3n) is 3.46. The highest BCUT2D eigenvalue weighted by atomic mass is 16.5. The maximum absolute atomic E-state index is 11.6. The summed E-state index contributed by atoms with van der Waals surface area (Å²) in [6.07, 6.45) is 1.46. The minimum Gasteiger partial charge on any atom is -0.481 e. The van der Waals surface area contributed by atoms with E-state index in [4.69, 9.17) is 9.84 Å². The number of carboxylic acid groups (broad SMARTS) is 1. The van der Waals surface area contributed by atoms with Crippen LogP contribution in [0.25, 0.3) is 0 Å². The molecule has 0 aromatic heterocycles. The summed E-state index contributed by atoms with van der Waals surface area (Å²) < 4.78 is 5.50. The Bertz CT molecular complexity index is 471. The van der Waals surface area contributed by atoms with E-state index in [1.807, 2.05) is 30.3 Å². The molecule has 5 nitrogen and oxygen atoms in total. The van der Waals surface area contributed by atoms with Crippen LogP contribution in [-0.4, -0.2) is 30.1 Å². The third-order valence-corrected chi connectivity index (χ3v) is 3.46. The molecule has 0 aliphatic heterocycles. The van der Waals surface area contributed by atoms with Crippen LogP contribution in [0.15, 0.2) is 30.3 Å². The Morgan fingerprint density at radius 2 is 1.91 bits per heavy atom. The Morgan fingerprint density at radius 1 is 1.23 bits per heavy atom. The number of ether oxygens (including phenoxy) is 1. The number of carbonyl (C=O) groups excluding carboxylic acids is 1. The molecule has 1 amide bonds. The Hall–Kier alpha value is -1.88. The van der Waals surface area contributed by atoms with E-state index in [9.17, 15) is 9.59 Å². The predicted octanol–water partition coefficient (Wildman–Crippen LogP) is 2.60. The highest BCUT2D eigenvalue weighted by molar-refractivity contribution is 5.76. The van der Waals surface area contributed by atoms with E-state index in [1.54, 1.807) is 13.8 Å². The molecule has 0 radical (unpaired) electrons. The van der Waals surface area contributed by atoms with Crippen LogP contribution in [0.1, 0.15) is 38.7 Å². The molecule has 2 N–H and O–H groups in total. The van der Waals surface area contributed by atoms with E-state index in [0.29, 0.717) is 39.0 Å². The summed E-state index contributed by atoms with van der Waals surface area (Å²) in [6.45, 7) is 4.76. The maximum atomic E-state index is 11.6. The summed E-state index contributed by atoms with van der Waals surface area (Å²) in [6, 6.07) is 9.88. The summed E-state index contributed by atoms with van der Waals surface area (Å²) in [5.41, 5.74) is 0.300. The van der Waals surface area contributed by atoms with Crippen molar-refractivity contribution >= 4 is 11.9 Å². The molecule has 1 aromatic rings. The first-order chi connectivity index (χ1) is 10.4. The third kappa shape index (κ3) is 7.22. The molecule has 122 valence electrons. The molecule has 0 saturated carbocycles. The van der Waals surface area contributed by atoms with Crippen molar-refractivity contribution in [3.05, 3.63) is 35.9 Å². The molecule has 1 rings (SSSR count). The summed E-state index contributed by atoms with van der Waals surface area (Å²) in [5.74, 6) is -0.916. The minimum atomic E-state index is -0.851. The van der Waals surface area contributed by atoms with Crippen molar-refractivity contribution in [3.8, 4) is 0 Å². The fraction of sp³-hybridized carbons (Fsp3) is 0.529. The molecule has 0 spiro atoms. The number of benzene rings is 1. The van der Waals surface area contributed by atoms with Gasteiger partial charge in [-0.25, -0.2) is 0 Å². The van der Waals surface area contributed by atoms with Gasteiger partial charge >= 0.3 is 5.97 Å². The number of hydrogen-bond acceptors (Lipinski definition) is 3.